The van der Waals surface area contributed by atoms with Gasteiger partial charge in [-0.25, -0.2) is 13.8 Å². The molecule has 0 saturated carbocycles. The van der Waals surface area contributed by atoms with E-state index in [1.54, 1.807) is 24.0 Å². The molecular weight excluding hydrogens is 572 g/mol. The summed E-state index contributed by atoms with van der Waals surface area (Å²) in [6.07, 6.45) is 6.70. The van der Waals surface area contributed by atoms with Gasteiger partial charge >= 0.3 is 4.80 Å². The number of hydrogen-bond donors (Lipinski definition) is 4. The van der Waals surface area contributed by atoms with Crippen LogP contribution in [-0.2, 0) is 35.2 Å². The third kappa shape index (κ3) is 7.33. The molecule has 0 saturated heterocycles. The number of aliphatic hydroxyl groups is 1. The van der Waals surface area contributed by atoms with Gasteiger partial charge in [-0.05, 0) is 50.3 Å². The van der Waals surface area contributed by atoms with Crippen LogP contribution < -0.4 is 15.9 Å². The highest BCUT2D eigenvalue weighted by Crippen LogP contribution is 2.44. The number of nitrogens with two attached hydrogens (primary N) is 1. The third-order valence-electron chi connectivity index (χ3n) is 8.40. The number of fused-ring (bicyclic) bond motifs is 1. The first kappa shape index (κ1) is 32.8. The van der Waals surface area contributed by atoms with E-state index in [1.807, 2.05) is 13.8 Å². The van der Waals surface area contributed by atoms with Crippen LogP contribution in [0.3, 0.4) is 0 Å². The summed E-state index contributed by atoms with van der Waals surface area (Å²) in [5.41, 5.74) is 7.16. The fourth-order valence-corrected chi connectivity index (χ4v) is 8.03. The van der Waals surface area contributed by atoms with Crippen molar-refractivity contribution in [3.8, 4) is 0 Å². The minimum atomic E-state index is -1.49. The number of rotatable bonds is 12. The molecule has 1 aliphatic carbocycles. The highest BCUT2D eigenvalue weighted by Gasteiger charge is 2.48. The number of aromatic nitrogens is 1. The van der Waals surface area contributed by atoms with Crippen molar-refractivity contribution in [2.75, 3.05) is 26.2 Å². The number of benzene rings is 1. The third-order valence-corrected chi connectivity index (χ3v) is 10.3. The molecule has 5 N–H and O–H groups in total. The molecule has 11 heteroatoms. The van der Waals surface area contributed by atoms with E-state index in [0.29, 0.717) is 24.2 Å². The Hall–Kier alpha value is -3.15. The molecule has 2 amide bonds. The minimum Gasteiger partial charge on any atom is -0.391 e. The average Bonchev–Trinajstić information content (AvgIpc) is 3.28. The molecule has 0 radical (unpaired) electrons. The Balaban J connectivity index is 1.76. The van der Waals surface area contributed by atoms with Crippen LogP contribution in [0.1, 0.15) is 56.2 Å². The summed E-state index contributed by atoms with van der Waals surface area (Å²) in [5, 5.41) is 15.1. The summed E-state index contributed by atoms with van der Waals surface area (Å²) in [6.45, 7) is 8.53. The number of allylic oxidation sites excluding steroid dienone is 2. The average molecular weight is 617 g/mol. The van der Waals surface area contributed by atoms with E-state index in [2.05, 4.69) is 16.6 Å². The number of amides is 2. The number of primary amides is 1. The van der Waals surface area contributed by atoms with Crippen molar-refractivity contribution in [1.82, 2.24) is 15.2 Å². The molecule has 2 aliphatic rings. The van der Waals surface area contributed by atoms with Gasteiger partial charge in [0.2, 0.25) is 11.8 Å². The Kier molecular flexibility index (Phi) is 10.7. The number of H-pyrrole nitrogens is 1. The van der Waals surface area contributed by atoms with Crippen molar-refractivity contribution >= 4 is 22.3 Å². The van der Waals surface area contributed by atoms with Gasteiger partial charge < -0.3 is 21.1 Å². The topological polar surface area (TPSA) is 124 Å². The molecule has 8 nitrogen and oxygen atoms in total. The first-order valence-electron chi connectivity index (χ1n) is 15.0. The smallest absolute Gasteiger partial charge is 0.339 e. The number of carbonyl (C=O) groups excluding carboxylic acids is 2. The largest absolute Gasteiger partial charge is 0.391 e. The minimum absolute atomic E-state index is 0.0313. The lowest BCUT2D eigenvalue weighted by Gasteiger charge is -2.41. The summed E-state index contributed by atoms with van der Waals surface area (Å²) >= 11 is 0. The molecule has 2 aromatic rings. The first-order chi connectivity index (χ1) is 20.5. The summed E-state index contributed by atoms with van der Waals surface area (Å²) in [5.74, 6) is -3.32. The van der Waals surface area contributed by atoms with E-state index >= 15 is 0 Å². The molecule has 2 heterocycles. The van der Waals surface area contributed by atoms with E-state index in [9.17, 15) is 23.5 Å². The molecular formula is C32H44F2N5O3S+. The van der Waals surface area contributed by atoms with E-state index in [4.69, 9.17) is 10.7 Å². The fourth-order valence-electron chi connectivity index (χ4n) is 6.41. The van der Waals surface area contributed by atoms with Crippen molar-refractivity contribution in [2.24, 2.45) is 28.3 Å². The second kappa shape index (κ2) is 14.1. The van der Waals surface area contributed by atoms with Gasteiger partial charge in [-0.2, -0.15) is 0 Å². The van der Waals surface area contributed by atoms with Crippen LogP contribution in [-0.4, -0.2) is 59.1 Å². The van der Waals surface area contributed by atoms with E-state index in [-0.39, 0.29) is 41.3 Å². The van der Waals surface area contributed by atoms with Gasteiger partial charge in [0.25, 0.3) is 0 Å². The van der Waals surface area contributed by atoms with Crippen LogP contribution in [0.4, 0.5) is 8.78 Å². The number of hydrogen-bond acceptors (Lipinski definition) is 5. The van der Waals surface area contributed by atoms with Gasteiger partial charge in [-0.1, -0.05) is 31.6 Å². The Morgan fingerprint density at radius 2 is 1.86 bits per heavy atom. The van der Waals surface area contributed by atoms with Crippen LogP contribution in [0.15, 0.2) is 46.5 Å². The number of aliphatic hydroxyl groups excluding tert-OH is 1. The number of nitrogens with one attached hydrogen (secondary N) is 2. The van der Waals surface area contributed by atoms with Crippen molar-refractivity contribution in [3.63, 3.8) is 0 Å². The molecule has 0 bridgehead atoms. The monoisotopic (exact) mass is 616 g/mol. The van der Waals surface area contributed by atoms with Crippen LogP contribution in [0.25, 0.3) is 0 Å². The Bertz CT molecular complexity index is 1450. The van der Waals surface area contributed by atoms with Gasteiger partial charge in [-0.3, -0.25) is 14.6 Å². The molecule has 2 unspecified atom stereocenters. The van der Waals surface area contributed by atoms with Gasteiger partial charge in [0.05, 0.1) is 30.3 Å². The zero-order valence-electron chi connectivity index (χ0n) is 25.5. The lowest BCUT2D eigenvalue weighted by molar-refractivity contribution is -0.132. The number of nitrogens with zero attached hydrogens (tertiary/aromatic N) is 2. The second-order valence-electron chi connectivity index (χ2n) is 11.7. The van der Waals surface area contributed by atoms with Crippen molar-refractivity contribution in [2.45, 2.75) is 65.5 Å². The molecule has 4 rings (SSSR count). The van der Waals surface area contributed by atoms with Gasteiger partial charge in [0.1, 0.15) is 17.9 Å². The highest BCUT2D eigenvalue weighted by molar-refractivity contribution is 7.27. The SMILES string of the molecule is CCCN(CCC)C(=O)C1=CC(C)=CC(C(N)=O)([C@H](Cc2cc(F)cc(F)c2)[C@@H](O)CN=c2[nH]c3c([s+]2C)CNCC3)C1. The number of carbonyl (C=O) groups is 2. The highest BCUT2D eigenvalue weighted by atomic mass is 32.2. The van der Waals surface area contributed by atoms with Gasteiger partial charge in [-0.15, -0.1) is 0 Å². The van der Waals surface area contributed by atoms with Gasteiger partial charge in [0, 0.05) is 54.1 Å². The second-order valence-corrected chi connectivity index (χ2v) is 13.6. The lowest BCUT2D eigenvalue weighted by Crippen LogP contribution is -2.50. The molecule has 234 valence electrons. The summed E-state index contributed by atoms with van der Waals surface area (Å²) in [4.78, 5) is 39.1. The molecule has 1 aromatic carbocycles. The van der Waals surface area contributed by atoms with Gasteiger partial charge in [0.15, 0.2) is 4.88 Å². The predicted molar refractivity (Wildman–Crippen MR) is 165 cm³/mol. The summed E-state index contributed by atoms with van der Waals surface area (Å²) < 4.78 is 28.6. The van der Waals surface area contributed by atoms with Crippen LogP contribution in [0.2, 0.25) is 0 Å². The number of aromatic amines is 1. The fraction of sp³-hybridized carbons (Fsp3) is 0.531. The maximum atomic E-state index is 14.3. The first-order valence-corrected chi connectivity index (χ1v) is 16.6. The molecule has 1 aromatic heterocycles. The predicted octanol–water partition coefficient (Wildman–Crippen LogP) is 3.74. The zero-order valence-corrected chi connectivity index (χ0v) is 26.3. The summed E-state index contributed by atoms with van der Waals surface area (Å²) in [7, 11) is -0.269. The maximum absolute atomic E-state index is 14.3. The van der Waals surface area contributed by atoms with E-state index < -0.39 is 35.0 Å². The Morgan fingerprint density at radius 3 is 2.47 bits per heavy atom. The van der Waals surface area contributed by atoms with Crippen molar-refractivity contribution in [3.05, 3.63) is 74.1 Å². The van der Waals surface area contributed by atoms with E-state index in [0.717, 1.165) is 48.9 Å². The lowest BCUT2D eigenvalue weighted by atomic mass is 9.63. The Labute approximate surface area is 254 Å². The molecule has 0 fully saturated rings. The quantitative estimate of drug-likeness (QED) is 0.271. The van der Waals surface area contributed by atoms with Crippen LogP contribution in [0, 0.1) is 23.0 Å². The molecule has 1 aliphatic heterocycles. The van der Waals surface area contributed by atoms with Crippen LogP contribution >= 0.6 is 10.5 Å². The van der Waals surface area contributed by atoms with Crippen molar-refractivity contribution < 1.29 is 23.5 Å². The normalized spacial score (nSPS) is 20.6. The number of thiazole rings is 1. The summed E-state index contributed by atoms with van der Waals surface area (Å²) in [6, 6.07) is 3.17. The van der Waals surface area contributed by atoms with E-state index in [1.165, 1.54) is 17.0 Å². The molecule has 43 heavy (non-hydrogen) atoms. The maximum Gasteiger partial charge on any atom is 0.339 e. The Morgan fingerprint density at radius 1 is 1.19 bits per heavy atom. The van der Waals surface area contributed by atoms with Crippen molar-refractivity contribution in [1.29, 1.82) is 0 Å². The zero-order chi connectivity index (χ0) is 31.3. The standard InChI is InChI=1S/C32H43F2N5O3S/c1-5-9-39(10-6-2)29(41)22-11-20(3)16-32(17-22,30(35)42)25(14-21-12-23(33)15-24(34)13-21)27(40)18-37-31-38-26-7-8-36-19-28(26)43(31)4/h11-13,15-16,25,27,36,40H,5-10,14,17-19H2,1-4H3,(H2-,35,37,38,42)/p+1/t25-,27+,32?,43?/m1/s1. The number of halogens is 2. The molecule has 0 spiro atoms. The van der Waals surface area contributed by atoms with Crippen LogP contribution in [0.5, 0.6) is 0 Å². The molecule has 4 atom stereocenters.